The molecule has 21 heavy (non-hydrogen) atoms. The zero-order valence-electron chi connectivity index (χ0n) is 13.0. The molecular weight excluding hydrogens is 256 g/mol. The summed E-state index contributed by atoms with van der Waals surface area (Å²) in [6.45, 7) is 6.29. The van der Waals surface area contributed by atoms with Gasteiger partial charge >= 0.3 is 0 Å². The zero-order chi connectivity index (χ0) is 14.9. The summed E-state index contributed by atoms with van der Waals surface area (Å²) in [4.78, 5) is 0. The first-order chi connectivity index (χ1) is 10.3. The molecule has 2 aromatic rings. The van der Waals surface area contributed by atoms with E-state index in [1.165, 1.54) is 11.1 Å². The molecule has 2 rings (SSSR count). The molecule has 2 nitrogen and oxygen atoms in total. The smallest absolute Gasteiger partial charge is 0.0338 e. The Balaban J connectivity index is 2.16. The molecule has 0 spiro atoms. The summed E-state index contributed by atoms with van der Waals surface area (Å²) in [6.07, 6.45) is 1.05. The fourth-order valence-corrected chi connectivity index (χ4v) is 2.77. The Hall–Kier alpha value is -1.64. The minimum atomic E-state index is 0.375. The van der Waals surface area contributed by atoms with Crippen LogP contribution in [0.4, 0.5) is 0 Å². The molecule has 0 radical (unpaired) electrons. The first kappa shape index (κ1) is 15.7. The third kappa shape index (κ3) is 4.69. The van der Waals surface area contributed by atoms with Crippen LogP contribution in [0.15, 0.2) is 60.7 Å². The number of hydrogen-bond acceptors (Lipinski definition) is 2. The van der Waals surface area contributed by atoms with Gasteiger partial charge in [-0.25, -0.2) is 0 Å². The number of hydrogen-bond donors (Lipinski definition) is 2. The molecule has 0 aliphatic heterocycles. The van der Waals surface area contributed by atoms with Gasteiger partial charge in [0.25, 0.3) is 0 Å². The van der Waals surface area contributed by atoms with Gasteiger partial charge in [0.1, 0.15) is 0 Å². The topological polar surface area (TPSA) is 24.1 Å². The highest BCUT2D eigenvalue weighted by Gasteiger charge is 2.18. The lowest BCUT2D eigenvalue weighted by Gasteiger charge is -2.25. The predicted molar refractivity (Wildman–Crippen MR) is 90.3 cm³/mol. The van der Waals surface area contributed by atoms with Crippen LogP contribution in [0.3, 0.4) is 0 Å². The van der Waals surface area contributed by atoms with E-state index in [1.54, 1.807) is 0 Å². The van der Waals surface area contributed by atoms with Crippen LogP contribution in [0.5, 0.6) is 0 Å². The molecule has 2 N–H and O–H groups in total. The largest absolute Gasteiger partial charge is 0.310 e. The average molecular weight is 282 g/mol. The van der Waals surface area contributed by atoms with Crippen molar-refractivity contribution in [2.75, 3.05) is 13.1 Å². The van der Waals surface area contributed by atoms with E-state index in [0.717, 1.165) is 19.5 Å². The van der Waals surface area contributed by atoms with Crippen LogP contribution >= 0.6 is 0 Å². The van der Waals surface area contributed by atoms with E-state index < -0.39 is 0 Å². The summed E-state index contributed by atoms with van der Waals surface area (Å²) in [7, 11) is 0. The normalized spacial score (nSPS) is 13.8. The summed E-state index contributed by atoms with van der Waals surface area (Å²) in [6, 6.07) is 22.2. The van der Waals surface area contributed by atoms with Crippen LogP contribution in [0.25, 0.3) is 0 Å². The Morgan fingerprint density at radius 2 is 1.05 bits per heavy atom. The van der Waals surface area contributed by atoms with Crippen molar-refractivity contribution in [2.45, 2.75) is 32.4 Å². The number of nitrogens with one attached hydrogen (secondary N) is 2. The van der Waals surface area contributed by atoms with Crippen LogP contribution in [-0.4, -0.2) is 13.1 Å². The van der Waals surface area contributed by atoms with Crippen LogP contribution in [0, 0.1) is 0 Å². The van der Waals surface area contributed by atoms with Crippen molar-refractivity contribution in [2.24, 2.45) is 0 Å². The second kappa shape index (κ2) is 8.60. The van der Waals surface area contributed by atoms with Crippen LogP contribution in [0.2, 0.25) is 0 Å². The van der Waals surface area contributed by atoms with Crippen molar-refractivity contribution in [3.8, 4) is 0 Å². The van der Waals surface area contributed by atoms with Crippen LogP contribution in [-0.2, 0) is 0 Å². The Bertz CT molecular complexity index is 448. The third-order valence-corrected chi connectivity index (χ3v) is 3.78. The van der Waals surface area contributed by atoms with Crippen molar-refractivity contribution < 1.29 is 0 Å². The molecule has 0 saturated carbocycles. The maximum atomic E-state index is 3.62. The Labute approximate surface area is 128 Å². The molecule has 0 bridgehead atoms. The molecule has 0 aromatic heterocycles. The maximum Gasteiger partial charge on any atom is 0.0338 e. The van der Waals surface area contributed by atoms with Crippen molar-refractivity contribution in [3.05, 3.63) is 71.8 Å². The summed E-state index contributed by atoms with van der Waals surface area (Å²) in [5.41, 5.74) is 2.72. The zero-order valence-corrected chi connectivity index (χ0v) is 13.0. The molecule has 0 unspecified atom stereocenters. The minimum Gasteiger partial charge on any atom is -0.310 e. The van der Waals surface area contributed by atoms with Gasteiger partial charge in [0, 0.05) is 12.1 Å². The van der Waals surface area contributed by atoms with Gasteiger partial charge in [0.15, 0.2) is 0 Å². The van der Waals surface area contributed by atoms with Gasteiger partial charge in [0.05, 0.1) is 0 Å². The van der Waals surface area contributed by atoms with Crippen molar-refractivity contribution >= 4 is 0 Å². The maximum absolute atomic E-state index is 3.62. The summed E-state index contributed by atoms with van der Waals surface area (Å²) >= 11 is 0. The molecule has 0 amide bonds. The predicted octanol–water partition coefficient (Wildman–Crippen LogP) is 4.08. The van der Waals surface area contributed by atoms with Gasteiger partial charge in [-0.3, -0.25) is 0 Å². The van der Waals surface area contributed by atoms with E-state index in [2.05, 4.69) is 85.1 Å². The van der Waals surface area contributed by atoms with Crippen molar-refractivity contribution in [1.82, 2.24) is 10.6 Å². The lowest BCUT2D eigenvalue weighted by atomic mass is 9.94. The fraction of sp³-hybridized carbons (Fsp3) is 0.368. The van der Waals surface area contributed by atoms with Crippen molar-refractivity contribution in [3.63, 3.8) is 0 Å². The molecule has 2 aromatic carbocycles. The first-order valence-corrected chi connectivity index (χ1v) is 7.91. The monoisotopic (exact) mass is 282 g/mol. The lowest BCUT2D eigenvalue weighted by Crippen LogP contribution is -2.28. The van der Waals surface area contributed by atoms with Gasteiger partial charge < -0.3 is 10.6 Å². The standard InChI is InChI=1S/C19H26N2/c1-3-20-18(16-11-7-5-8-12-16)15-19(21-4-2)17-13-9-6-10-14-17/h5-14,18-21H,3-4,15H2,1-2H3/t18-,19-/m0/s1. The second-order valence-corrected chi connectivity index (χ2v) is 5.28. The second-order valence-electron chi connectivity index (χ2n) is 5.28. The van der Waals surface area contributed by atoms with E-state index in [4.69, 9.17) is 0 Å². The number of rotatable bonds is 8. The van der Waals surface area contributed by atoms with Crippen LogP contribution in [0.1, 0.15) is 43.5 Å². The van der Waals surface area contributed by atoms with E-state index in [9.17, 15) is 0 Å². The minimum absolute atomic E-state index is 0.375. The molecule has 0 aliphatic rings. The molecule has 112 valence electrons. The molecule has 0 fully saturated rings. The van der Waals surface area contributed by atoms with E-state index in [-0.39, 0.29) is 0 Å². The summed E-state index contributed by atoms with van der Waals surface area (Å²) < 4.78 is 0. The summed E-state index contributed by atoms with van der Waals surface area (Å²) in [5.74, 6) is 0. The SMILES string of the molecule is CCN[C@@H](C[C@H](NCC)c1ccccc1)c1ccccc1. The van der Waals surface area contributed by atoms with Gasteiger partial charge in [-0.1, -0.05) is 74.5 Å². The van der Waals surface area contributed by atoms with Gasteiger partial charge in [-0.05, 0) is 30.6 Å². The Kier molecular flexibility index (Phi) is 6.45. The molecular formula is C19H26N2. The Morgan fingerprint density at radius 1 is 0.667 bits per heavy atom. The highest BCUT2D eigenvalue weighted by atomic mass is 14.9. The number of benzene rings is 2. The summed E-state index contributed by atoms with van der Waals surface area (Å²) in [5, 5.41) is 7.24. The lowest BCUT2D eigenvalue weighted by molar-refractivity contribution is 0.418. The van der Waals surface area contributed by atoms with Crippen LogP contribution < -0.4 is 10.6 Å². The van der Waals surface area contributed by atoms with E-state index in [1.807, 2.05) is 0 Å². The average Bonchev–Trinajstić information content (AvgIpc) is 2.55. The molecule has 0 saturated heterocycles. The van der Waals surface area contributed by atoms with E-state index in [0.29, 0.717) is 12.1 Å². The molecule has 0 heterocycles. The molecule has 0 aliphatic carbocycles. The van der Waals surface area contributed by atoms with Gasteiger partial charge in [0.2, 0.25) is 0 Å². The highest BCUT2D eigenvalue weighted by molar-refractivity contribution is 5.23. The van der Waals surface area contributed by atoms with Gasteiger partial charge in [-0.15, -0.1) is 0 Å². The quantitative estimate of drug-likeness (QED) is 0.762. The fourth-order valence-electron chi connectivity index (χ4n) is 2.77. The highest BCUT2D eigenvalue weighted by Crippen LogP contribution is 2.26. The molecule has 2 heteroatoms. The van der Waals surface area contributed by atoms with Gasteiger partial charge in [-0.2, -0.15) is 0 Å². The Morgan fingerprint density at radius 3 is 1.38 bits per heavy atom. The third-order valence-electron chi connectivity index (χ3n) is 3.78. The van der Waals surface area contributed by atoms with Crippen molar-refractivity contribution in [1.29, 1.82) is 0 Å². The first-order valence-electron chi connectivity index (χ1n) is 7.91. The molecule has 2 atom stereocenters. The van der Waals surface area contributed by atoms with E-state index >= 15 is 0 Å².